The fourth-order valence-corrected chi connectivity index (χ4v) is 3.93. The molecule has 4 rings (SSSR count). The van der Waals surface area contributed by atoms with Crippen molar-refractivity contribution < 1.29 is 29.0 Å². The first-order valence-corrected chi connectivity index (χ1v) is 10.6. The maximum atomic E-state index is 13.0. The van der Waals surface area contributed by atoms with E-state index in [2.05, 4.69) is 5.32 Å². The number of fused-ring (bicyclic) bond motifs is 1. The van der Waals surface area contributed by atoms with Crippen LogP contribution in [0.2, 0.25) is 0 Å². The molecule has 1 unspecified atom stereocenters. The lowest BCUT2D eigenvalue weighted by molar-refractivity contribution is -0.129. The first-order chi connectivity index (χ1) is 15.6. The van der Waals surface area contributed by atoms with Crippen molar-refractivity contribution >= 4 is 17.5 Å². The predicted octanol–water partition coefficient (Wildman–Crippen LogP) is 1.88. The Bertz CT molecular complexity index is 959. The van der Waals surface area contributed by atoms with Crippen LogP contribution in [0.4, 0.5) is 5.69 Å². The molecule has 0 saturated carbocycles. The van der Waals surface area contributed by atoms with Crippen LogP contribution < -0.4 is 25.2 Å². The highest BCUT2D eigenvalue weighted by Gasteiger charge is 2.32. The summed E-state index contributed by atoms with van der Waals surface area (Å²) in [6.07, 6.45) is 0.871. The van der Waals surface area contributed by atoms with Gasteiger partial charge in [-0.15, -0.1) is 0 Å². The van der Waals surface area contributed by atoms with Crippen LogP contribution in [0.5, 0.6) is 11.5 Å². The van der Waals surface area contributed by atoms with E-state index in [-0.39, 0.29) is 11.9 Å². The average molecular weight is 441 g/mol. The van der Waals surface area contributed by atoms with Crippen molar-refractivity contribution in [2.75, 3.05) is 31.8 Å². The molecule has 2 heterocycles. The number of benzene rings is 2. The Kier molecular flexibility index (Phi) is 6.77. The molecule has 1 atom stereocenters. The van der Waals surface area contributed by atoms with Gasteiger partial charge in [0.2, 0.25) is 0 Å². The van der Waals surface area contributed by atoms with Crippen molar-refractivity contribution in [1.82, 2.24) is 10.8 Å². The SMILES string of the molecule is COc1ccc(CN2CC(C(=O)NC3CCOCC3)Oc3ccc(C(=O)NO)cc32)cc1. The van der Waals surface area contributed by atoms with E-state index in [9.17, 15) is 9.59 Å². The Hall–Kier alpha value is -3.30. The van der Waals surface area contributed by atoms with Gasteiger partial charge in [-0.2, -0.15) is 0 Å². The highest BCUT2D eigenvalue weighted by atomic mass is 16.5. The summed E-state index contributed by atoms with van der Waals surface area (Å²) < 4.78 is 16.6. The number of hydrogen-bond acceptors (Lipinski definition) is 7. The monoisotopic (exact) mass is 441 g/mol. The van der Waals surface area contributed by atoms with Crippen molar-refractivity contribution in [1.29, 1.82) is 0 Å². The molecule has 1 fully saturated rings. The Morgan fingerprint density at radius 2 is 1.91 bits per heavy atom. The molecule has 2 aromatic rings. The molecule has 2 aliphatic rings. The van der Waals surface area contributed by atoms with Crippen molar-refractivity contribution in [3.63, 3.8) is 0 Å². The lowest BCUT2D eigenvalue weighted by Crippen LogP contribution is -2.52. The number of rotatable bonds is 6. The van der Waals surface area contributed by atoms with Crippen molar-refractivity contribution in [2.24, 2.45) is 0 Å². The van der Waals surface area contributed by atoms with Gasteiger partial charge in [0.05, 0.1) is 19.3 Å². The predicted molar refractivity (Wildman–Crippen MR) is 116 cm³/mol. The summed E-state index contributed by atoms with van der Waals surface area (Å²) in [5.74, 6) is 0.481. The van der Waals surface area contributed by atoms with Gasteiger partial charge in [-0.3, -0.25) is 14.8 Å². The van der Waals surface area contributed by atoms with Crippen LogP contribution in [0.25, 0.3) is 0 Å². The summed E-state index contributed by atoms with van der Waals surface area (Å²) in [5.41, 5.74) is 3.63. The van der Waals surface area contributed by atoms with Crippen LogP contribution in [0, 0.1) is 0 Å². The molecule has 170 valence electrons. The molecule has 2 amide bonds. The fourth-order valence-electron chi connectivity index (χ4n) is 3.93. The van der Waals surface area contributed by atoms with Gasteiger partial charge in [0.15, 0.2) is 6.10 Å². The number of hydroxylamine groups is 1. The maximum Gasteiger partial charge on any atom is 0.274 e. The van der Waals surface area contributed by atoms with Crippen LogP contribution in [-0.2, 0) is 16.1 Å². The quantitative estimate of drug-likeness (QED) is 0.464. The van der Waals surface area contributed by atoms with E-state index < -0.39 is 12.0 Å². The van der Waals surface area contributed by atoms with E-state index in [0.29, 0.717) is 43.3 Å². The van der Waals surface area contributed by atoms with Gasteiger partial charge in [0.1, 0.15) is 11.5 Å². The van der Waals surface area contributed by atoms with E-state index in [4.69, 9.17) is 19.4 Å². The number of carbonyl (C=O) groups is 2. The Balaban J connectivity index is 1.57. The van der Waals surface area contributed by atoms with Gasteiger partial charge in [-0.05, 0) is 48.7 Å². The van der Waals surface area contributed by atoms with Crippen LogP contribution in [0.15, 0.2) is 42.5 Å². The van der Waals surface area contributed by atoms with Gasteiger partial charge in [0.25, 0.3) is 11.8 Å². The molecule has 9 nitrogen and oxygen atoms in total. The summed E-state index contributed by atoms with van der Waals surface area (Å²) in [4.78, 5) is 26.9. The minimum absolute atomic E-state index is 0.0758. The second-order valence-corrected chi connectivity index (χ2v) is 7.85. The number of amides is 2. The zero-order chi connectivity index (χ0) is 22.5. The maximum absolute atomic E-state index is 13.0. The van der Waals surface area contributed by atoms with Gasteiger partial charge < -0.3 is 24.4 Å². The number of ether oxygens (including phenoxy) is 3. The second kappa shape index (κ2) is 9.88. The summed E-state index contributed by atoms with van der Waals surface area (Å²) >= 11 is 0. The van der Waals surface area contributed by atoms with Crippen LogP contribution in [-0.4, -0.2) is 56.0 Å². The second-order valence-electron chi connectivity index (χ2n) is 7.85. The standard InChI is InChI=1S/C23H27N3O6/c1-30-18-5-2-15(3-6-18)13-26-14-21(23(28)24-17-8-10-31-11-9-17)32-20-7-4-16(12-19(20)26)22(27)25-29/h2-7,12,17,21,29H,8-11,13-14H2,1H3,(H,24,28)(H,25,27). The summed E-state index contributed by atoms with van der Waals surface area (Å²) in [6, 6.07) is 12.6. The molecule has 9 heteroatoms. The topological polar surface area (TPSA) is 109 Å². The molecule has 2 aliphatic heterocycles. The van der Waals surface area contributed by atoms with E-state index in [0.717, 1.165) is 24.2 Å². The molecule has 0 bridgehead atoms. The largest absolute Gasteiger partial charge is 0.497 e. The Morgan fingerprint density at radius 1 is 1.16 bits per heavy atom. The Morgan fingerprint density at radius 3 is 2.59 bits per heavy atom. The van der Waals surface area contributed by atoms with Crippen molar-refractivity contribution in [3.05, 3.63) is 53.6 Å². The minimum atomic E-state index is -0.693. The lowest BCUT2D eigenvalue weighted by Gasteiger charge is -2.36. The number of carbonyl (C=O) groups excluding carboxylic acids is 2. The third kappa shape index (κ3) is 4.95. The van der Waals surface area contributed by atoms with Crippen molar-refractivity contribution in [2.45, 2.75) is 31.5 Å². The van der Waals surface area contributed by atoms with E-state index >= 15 is 0 Å². The molecule has 32 heavy (non-hydrogen) atoms. The summed E-state index contributed by atoms with van der Waals surface area (Å²) in [6.45, 7) is 2.10. The molecule has 0 spiro atoms. The van der Waals surface area contributed by atoms with E-state index in [1.807, 2.05) is 29.2 Å². The van der Waals surface area contributed by atoms with Gasteiger partial charge in [-0.25, -0.2) is 5.48 Å². The third-order valence-electron chi connectivity index (χ3n) is 5.71. The number of nitrogens with one attached hydrogen (secondary N) is 2. The number of nitrogens with zero attached hydrogens (tertiary/aromatic N) is 1. The minimum Gasteiger partial charge on any atom is -0.497 e. The van der Waals surface area contributed by atoms with E-state index in [1.54, 1.807) is 30.8 Å². The molecule has 0 aliphatic carbocycles. The molecule has 0 radical (unpaired) electrons. The highest BCUT2D eigenvalue weighted by Crippen LogP contribution is 2.35. The van der Waals surface area contributed by atoms with Crippen LogP contribution in [0.1, 0.15) is 28.8 Å². The molecule has 0 aromatic heterocycles. The fraction of sp³-hybridized carbons (Fsp3) is 0.391. The number of hydrogen-bond donors (Lipinski definition) is 3. The Labute approximate surface area is 186 Å². The molecule has 2 aromatic carbocycles. The number of methoxy groups -OCH3 is 1. The smallest absolute Gasteiger partial charge is 0.274 e. The average Bonchev–Trinajstić information content (AvgIpc) is 2.84. The zero-order valence-electron chi connectivity index (χ0n) is 17.9. The highest BCUT2D eigenvalue weighted by molar-refractivity contribution is 5.95. The summed E-state index contributed by atoms with van der Waals surface area (Å²) in [7, 11) is 1.61. The molecule has 1 saturated heterocycles. The van der Waals surface area contributed by atoms with Crippen LogP contribution in [0.3, 0.4) is 0 Å². The molecular weight excluding hydrogens is 414 g/mol. The van der Waals surface area contributed by atoms with Gasteiger partial charge in [0, 0.05) is 31.4 Å². The van der Waals surface area contributed by atoms with E-state index in [1.165, 1.54) is 0 Å². The van der Waals surface area contributed by atoms with Crippen molar-refractivity contribution in [3.8, 4) is 11.5 Å². The van der Waals surface area contributed by atoms with Crippen LogP contribution >= 0.6 is 0 Å². The van der Waals surface area contributed by atoms with Gasteiger partial charge in [-0.1, -0.05) is 12.1 Å². The summed E-state index contributed by atoms with van der Waals surface area (Å²) in [5, 5.41) is 12.1. The normalized spacial score (nSPS) is 18.3. The first-order valence-electron chi connectivity index (χ1n) is 10.6. The zero-order valence-corrected chi connectivity index (χ0v) is 17.9. The molecular formula is C23H27N3O6. The molecule has 3 N–H and O–H groups in total. The van der Waals surface area contributed by atoms with Gasteiger partial charge >= 0.3 is 0 Å². The lowest BCUT2D eigenvalue weighted by atomic mass is 10.1. The number of anilines is 1. The first kappa shape index (κ1) is 21.9. The third-order valence-corrected chi connectivity index (χ3v) is 5.71.